The molecule has 146 valence electrons. The summed E-state index contributed by atoms with van der Waals surface area (Å²) in [5, 5.41) is 0. The van der Waals surface area contributed by atoms with Crippen molar-refractivity contribution in [1.82, 2.24) is 0 Å². The summed E-state index contributed by atoms with van der Waals surface area (Å²) in [5.74, 6) is 0. The average Bonchev–Trinajstić information content (AvgIpc) is 2.68. The molecule has 0 N–H and O–H groups in total. The summed E-state index contributed by atoms with van der Waals surface area (Å²) in [6.07, 6.45) is 16.0. The van der Waals surface area contributed by atoms with Crippen molar-refractivity contribution in [3.8, 4) is 0 Å². The van der Waals surface area contributed by atoms with Gasteiger partial charge in [0.1, 0.15) is 6.17 Å². The molecule has 0 aliphatic heterocycles. The summed E-state index contributed by atoms with van der Waals surface area (Å²) in [6.45, 7) is 4.66. The maximum Gasteiger partial charge on any atom is 0.110 e. The topological polar surface area (TPSA) is 0 Å². The van der Waals surface area contributed by atoms with E-state index in [9.17, 15) is 0 Å². The van der Waals surface area contributed by atoms with E-state index in [1.807, 2.05) is 0 Å². The molecule has 1 aromatic carbocycles. The Morgan fingerprint density at radius 3 is 1.96 bits per heavy atom. The fourth-order valence-electron chi connectivity index (χ4n) is 5.93. The number of halogens is 1. The molecule has 0 heterocycles. The standard InChI is InChI=1S/C25H39F/c1-3-4-11-21-12-14-22(15-13-21)20-23(26)25(18-9-6-10-19-25)24(2)16-7-5-8-17-24/h12-15,23H,3-11,16-20H2,1-2H3. The quantitative estimate of drug-likeness (QED) is 0.466. The lowest BCUT2D eigenvalue weighted by molar-refractivity contribution is -0.0796. The van der Waals surface area contributed by atoms with Gasteiger partial charge in [-0.2, -0.15) is 0 Å². The van der Waals surface area contributed by atoms with Gasteiger partial charge in [0.25, 0.3) is 0 Å². The number of aryl methyl sites for hydroxylation is 1. The Morgan fingerprint density at radius 1 is 0.846 bits per heavy atom. The summed E-state index contributed by atoms with van der Waals surface area (Å²) >= 11 is 0. The molecule has 2 saturated carbocycles. The molecule has 0 radical (unpaired) electrons. The van der Waals surface area contributed by atoms with E-state index in [0.717, 1.165) is 19.3 Å². The predicted molar refractivity (Wildman–Crippen MR) is 110 cm³/mol. The van der Waals surface area contributed by atoms with Crippen molar-refractivity contribution < 1.29 is 4.39 Å². The molecule has 0 nitrogen and oxygen atoms in total. The van der Waals surface area contributed by atoms with Crippen LogP contribution in [0.5, 0.6) is 0 Å². The lowest BCUT2D eigenvalue weighted by Crippen LogP contribution is -2.50. The lowest BCUT2D eigenvalue weighted by atomic mass is 9.51. The first-order chi connectivity index (χ1) is 12.6. The Bertz CT molecular complexity index is 532. The fraction of sp³-hybridized carbons (Fsp3) is 0.760. The van der Waals surface area contributed by atoms with Crippen LogP contribution in [0.25, 0.3) is 0 Å². The van der Waals surface area contributed by atoms with Crippen molar-refractivity contribution in [2.75, 3.05) is 0 Å². The molecule has 0 spiro atoms. The summed E-state index contributed by atoms with van der Waals surface area (Å²) in [4.78, 5) is 0. The first-order valence-electron chi connectivity index (χ1n) is 11.3. The second kappa shape index (κ2) is 8.89. The Balaban J connectivity index is 1.74. The van der Waals surface area contributed by atoms with E-state index in [1.165, 1.54) is 75.3 Å². The predicted octanol–water partition coefficient (Wildman–Crippen LogP) is 7.83. The van der Waals surface area contributed by atoms with Crippen LogP contribution in [0.1, 0.15) is 102 Å². The SMILES string of the molecule is CCCCc1ccc(CC(F)C2(C3(C)CCCCC3)CCCCC2)cc1. The summed E-state index contributed by atoms with van der Waals surface area (Å²) in [7, 11) is 0. The van der Waals surface area contributed by atoms with Gasteiger partial charge in [-0.1, -0.05) is 83.1 Å². The lowest BCUT2D eigenvalue weighted by Gasteiger charge is -2.55. The summed E-state index contributed by atoms with van der Waals surface area (Å²) in [5.41, 5.74) is 2.73. The Kier molecular flexibility index (Phi) is 6.81. The number of benzene rings is 1. The number of rotatable bonds is 7. The third kappa shape index (κ3) is 4.18. The van der Waals surface area contributed by atoms with E-state index in [-0.39, 0.29) is 10.8 Å². The van der Waals surface area contributed by atoms with Gasteiger partial charge in [-0.05, 0) is 55.1 Å². The van der Waals surface area contributed by atoms with Crippen LogP contribution in [-0.2, 0) is 12.8 Å². The molecular weight excluding hydrogens is 319 g/mol. The third-order valence-electron chi connectivity index (χ3n) is 7.76. The van der Waals surface area contributed by atoms with Crippen molar-refractivity contribution in [2.24, 2.45) is 10.8 Å². The minimum atomic E-state index is -0.688. The van der Waals surface area contributed by atoms with E-state index in [0.29, 0.717) is 6.42 Å². The Hall–Kier alpha value is -0.850. The summed E-state index contributed by atoms with van der Waals surface area (Å²) in [6, 6.07) is 8.84. The van der Waals surface area contributed by atoms with Crippen LogP contribution < -0.4 is 0 Å². The highest BCUT2D eigenvalue weighted by Crippen LogP contribution is 2.59. The highest BCUT2D eigenvalue weighted by atomic mass is 19.1. The molecule has 1 heteroatoms. The van der Waals surface area contributed by atoms with Gasteiger partial charge in [-0.15, -0.1) is 0 Å². The molecule has 0 amide bonds. The Morgan fingerprint density at radius 2 is 1.38 bits per heavy atom. The molecule has 3 rings (SSSR count). The maximum absolute atomic E-state index is 16.0. The van der Waals surface area contributed by atoms with Gasteiger partial charge in [0.05, 0.1) is 0 Å². The zero-order valence-corrected chi connectivity index (χ0v) is 17.2. The highest BCUT2D eigenvalue weighted by Gasteiger charge is 2.53. The van der Waals surface area contributed by atoms with Gasteiger partial charge in [0.2, 0.25) is 0 Å². The van der Waals surface area contributed by atoms with Crippen LogP contribution in [0.2, 0.25) is 0 Å². The normalized spacial score (nSPS) is 23.5. The van der Waals surface area contributed by atoms with E-state index < -0.39 is 6.17 Å². The minimum absolute atomic E-state index is 0.0768. The van der Waals surface area contributed by atoms with E-state index in [4.69, 9.17) is 0 Å². The van der Waals surface area contributed by atoms with Gasteiger partial charge in [-0.25, -0.2) is 4.39 Å². The van der Waals surface area contributed by atoms with Gasteiger partial charge < -0.3 is 0 Å². The van der Waals surface area contributed by atoms with Crippen molar-refractivity contribution in [1.29, 1.82) is 0 Å². The van der Waals surface area contributed by atoms with Crippen LogP contribution in [0.4, 0.5) is 4.39 Å². The molecule has 1 atom stereocenters. The van der Waals surface area contributed by atoms with E-state index in [1.54, 1.807) is 0 Å². The van der Waals surface area contributed by atoms with Crippen molar-refractivity contribution in [3.05, 3.63) is 35.4 Å². The minimum Gasteiger partial charge on any atom is -0.246 e. The van der Waals surface area contributed by atoms with Gasteiger partial charge in [0.15, 0.2) is 0 Å². The second-order valence-electron chi connectivity index (χ2n) is 9.43. The van der Waals surface area contributed by atoms with Crippen LogP contribution in [-0.4, -0.2) is 6.17 Å². The molecule has 1 aromatic rings. The monoisotopic (exact) mass is 358 g/mol. The molecule has 2 aliphatic rings. The zero-order chi connectivity index (χ0) is 18.5. The maximum atomic E-state index is 16.0. The van der Waals surface area contributed by atoms with Crippen molar-refractivity contribution >= 4 is 0 Å². The largest absolute Gasteiger partial charge is 0.246 e. The van der Waals surface area contributed by atoms with Crippen LogP contribution in [0.3, 0.4) is 0 Å². The van der Waals surface area contributed by atoms with Crippen LogP contribution in [0, 0.1) is 10.8 Å². The smallest absolute Gasteiger partial charge is 0.110 e. The van der Waals surface area contributed by atoms with E-state index >= 15 is 4.39 Å². The summed E-state index contributed by atoms with van der Waals surface area (Å²) < 4.78 is 16.0. The molecule has 1 unspecified atom stereocenters. The van der Waals surface area contributed by atoms with Crippen molar-refractivity contribution in [2.45, 2.75) is 110 Å². The first-order valence-corrected chi connectivity index (χ1v) is 11.3. The number of hydrogen-bond acceptors (Lipinski definition) is 0. The van der Waals surface area contributed by atoms with Crippen LogP contribution >= 0.6 is 0 Å². The fourth-order valence-corrected chi connectivity index (χ4v) is 5.93. The average molecular weight is 359 g/mol. The zero-order valence-electron chi connectivity index (χ0n) is 17.2. The number of unbranched alkanes of at least 4 members (excludes halogenated alkanes) is 1. The second-order valence-corrected chi connectivity index (χ2v) is 9.43. The molecule has 2 aliphatic carbocycles. The van der Waals surface area contributed by atoms with Crippen LogP contribution in [0.15, 0.2) is 24.3 Å². The highest BCUT2D eigenvalue weighted by molar-refractivity contribution is 5.24. The Labute approximate surface area is 161 Å². The van der Waals surface area contributed by atoms with Crippen molar-refractivity contribution in [3.63, 3.8) is 0 Å². The molecule has 26 heavy (non-hydrogen) atoms. The molecule has 0 bridgehead atoms. The van der Waals surface area contributed by atoms with Gasteiger partial charge in [-0.3, -0.25) is 0 Å². The number of alkyl halides is 1. The first kappa shape index (κ1) is 19.9. The molecule has 2 fully saturated rings. The molecule has 0 saturated heterocycles. The molecular formula is C25H39F. The third-order valence-corrected chi connectivity index (χ3v) is 7.76. The number of hydrogen-bond donors (Lipinski definition) is 0. The van der Waals surface area contributed by atoms with Gasteiger partial charge >= 0.3 is 0 Å². The molecule has 0 aromatic heterocycles. The van der Waals surface area contributed by atoms with E-state index in [2.05, 4.69) is 38.1 Å². The van der Waals surface area contributed by atoms with Gasteiger partial charge in [0, 0.05) is 11.8 Å².